The Labute approximate surface area is 63.2 Å². The highest BCUT2D eigenvalue weighted by molar-refractivity contribution is 5.64. The number of phenolic OH excluding ortho intramolecular Hbond substituents is 1. The number of anilines is 1. The van der Waals surface area contributed by atoms with Gasteiger partial charge in [0.2, 0.25) is 0 Å². The minimum Gasteiger partial charge on any atom is -0.506 e. The Kier molecular flexibility index (Phi) is 1.96. The fourth-order valence-corrected chi connectivity index (χ4v) is 0.687. The molecule has 4 heteroatoms. The number of hydrogen-bond acceptors (Lipinski definition) is 4. The van der Waals surface area contributed by atoms with Crippen LogP contribution in [0, 0.1) is 0 Å². The highest BCUT2D eigenvalue weighted by Gasteiger charge is 2.02. The molecule has 0 atom stereocenters. The minimum absolute atomic E-state index is 0.0691. The lowest BCUT2D eigenvalue weighted by Crippen LogP contribution is -1.94. The van der Waals surface area contributed by atoms with E-state index >= 15 is 0 Å². The Morgan fingerprint density at radius 3 is 2.91 bits per heavy atom. The van der Waals surface area contributed by atoms with Gasteiger partial charge in [-0.3, -0.25) is 4.79 Å². The number of aromatic hydroxyl groups is 1. The van der Waals surface area contributed by atoms with Crippen molar-refractivity contribution in [3.05, 3.63) is 18.2 Å². The molecule has 0 saturated carbocycles. The lowest BCUT2D eigenvalue weighted by Gasteiger charge is -2.02. The number of nitrogen functional groups attached to an aromatic ring is 1. The molecule has 4 nitrogen and oxygen atoms in total. The van der Waals surface area contributed by atoms with Crippen LogP contribution in [0.1, 0.15) is 0 Å². The van der Waals surface area contributed by atoms with Gasteiger partial charge in [-0.1, -0.05) is 6.07 Å². The molecule has 0 aliphatic rings. The largest absolute Gasteiger partial charge is 0.506 e. The van der Waals surface area contributed by atoms with Crippen LogP contribution >= 0.6 is 0 Å². The SMILES string of the molecule is Nc1c(O)cccc1OC=O. The van der Waals surface area contributed by atoms with Gasteiger partial charge < -0.3 is 15.6 Å². The number of carbonyl (C=O) groups excluding carboxylic acids is 1. The molecular formula is C7H7NO3. The zero-order chi connectivity index (χ0) is 8.27. The third-order valence-electron chi connectivity index (χ3n) is 1.22. The maximum Gasteiger partial charge on any atom is 0.298 e. The lowest BCUT2D eigenvalue weighted by molar-refractivity contribution is -0.120. The predicted octanol–water partition coefficient (Wildman–Crippen LogP) is 0.510. The Bertz CT molecular complexity index is 272. The summed E-state index contributed by atoms with van der Waals surface area (Å²) in [5.74, 6) is 0.0735. The first-order chi connectivity index (χ1) is 5.25. The summed E-state index contributed by atoms with van der Waals surface area (Å²) in [5, 5.41) is 9.01. The molecule has 0 bridgehead atoms. The summed E-state index contributed by atoms with van der Waals surface area (Å²) in [7, 11) is 0. The summed E-state index contributed by atoms with van der Waals surface area (Å²) >= 11 is 0. The second-order valence-corrected chi connectivity index (χ2v) is 1.90. The number of carbonyl (C=O) groups is 1. The first-order valence-electron chi connectivity index (χ1n) is 2.93. The number of rotatable bonds is 2. The van der Waals surface area contributed by atoms with Gasteiger partial charge in [0.1, 0.15) is 11.4 Å². The number of phenols is 1. The Hall–Kier alpha value is -1.71. The van der Waals surface area contributed by atoms with E-state index in [9.17, 15) is 4.79 Å². The highest BCUT2D eigenvalue weighted by Crippen LogP contribution is 2.29. The van der Waals surface area contributed by atoms with Crippen molar-refractivity contribution in [3.63, 3.8) is 0 Å². The molecular weight excluding hydrogens is 146 g/mol. The summed E-state index contributed by atoms with van der Waals surface area (Å²) in [4.78, 5) is 9.88. The van der Waals surface area contributed by atoms with E-state index in [4.69, 9.17) is 10.8 Å². The smallest absolute Gasteiger partial charge is 0.298 e. The molecule has 0 amide bonds. The third-order valence-corrected chi connectivity index (χ3v) is 1.22. The number of nitrogens with two attached hydrogens (primary N) is 1. The molecule has 0 aromatic heterocycles. The Morgan fingerprint density at radius 1 is 1.55 bits per heavy atom. The lowest BCUT2D eigenvalue weighted by atomic mass is 10.3. The number of para-hydroxylation sites is 1. The molecule has 1 rings (SSSR count). The van der Waals surface area contributed by atoms with Gasteiger partial charge in [0.15, 0.2) is 5.75 Å². The van der Waals surface area contributed by atoms with E-state index in [0.717, 1.165) is 0 Å². The third kappa shape index (κ3) is 1.40. The zero-order valence-corrected chi connectivity index (χ0v) is 5.65. The van der Waals surface area contributed by atoms with Gasteiger partial charge in [0, 0.05) is 0 Å². The Morgan fingerprint density at radius 2 is 2.27 bits per heavy atom. The van der Waals surface area contributed by atoms with Crippen molar-refractivity contribution in [1.82, 2.24) is 0 Å². The number of benzene rings is 1. The fourth-order valence-electron chi connectivity index (χ4n) is 0.687. The molecule has 0 unspecified atom stereocenters. The van der Waals surface area contributed by atoms with Crippen LogP contribution in [0.5, 0.6) is 11.5 Å². The van der Waals surface area contributed by atoms with Gasteiger partial charge in [-0.25, -0.2) is 0 Å². The van der Waals surface area contributed by atoms with Gasteiger partial charge in [-0.15, -0.1) is 0 Å². The van der Waals surface area contributed by atoms with E-state index in [1.165, 1.54) is 18.2 Å². The monoisotopic (exact) mass is 153 g/mol. The van der Waals surface area contributed by atoms with Crippen LogP contribution in [0.3, 0.4) is 0 Å². The van der Waals surface area contributed by atoms with Crippen LogP contribution in [-0.2, 0) is 4.79 Å². The molecule has 11 heavy (non-hydrogen) atoms. The van der Waals surface area contributed by atoms with Crippen molar-refractivity contribution in [1.29, 1.82) is 0 Å². The average Bonchev–Trinajstić information content (AvgIpc) is 1.99. The van der Waals surface area contributed by atoms with Crippen LogP contribution in [-0.4, -0.2) is 11.6 Å². The zero-order valence-electron chi connectivity index (χ0n) is 5.65. The molecule has 0 aliphatic heterocycles. The molecule has 0 radical (unpaired) electrons. The maximum atomic E-state index is 9.88. The first kappa shape index (κ1) is 7.40. The molecule has 0 heterocycles. The average molecular weight is 153 g/mol. The molecule has 0 aliphatic carbocycles. The predicted molar refractivity (Wildman–Crippen MR) is 39.2 cm³/mol. The van der Waals surface area contributed by atoms with Gasteiger partial charge in [0.05, 0.1) is 0 Å². The minimum atomic E-state index is -0.0932. The van der Waals surface area contributed by atoms with Crippen LogP contribution in [0.15, 0.2) is 18.2 Å². The van der Waals surface area contributed by atoms with Crippen LogP contribution < -0.4 is 10.5 Å². The molecule has 0 saturated heterocycles. The standard InChI is InChI=1S/C7H7NO3/c8-7-5(10)2-1-3-6(7)11-4-9/h1-4,10H,8H2. The van der Waals surface area contributed by atoms with Crippen LogP contribution in [0.4, 0.5) is 5.69 Å². The van der Waals surface area contributed by atoms with Crippen molar-refractivity contribution in [2.75, 3.05) is 5.73 Å². The van der Waals surface area contributed by atoms with Gasteiger partial charge in [-0.05, 0) is 12.1 Å². The van der Waals surface area contributed by atoms with Crippen molar-refractivity contribution in [2.24, 2.45) is 0 Å². The van der Waals surface area contributed by atoms with Crippen molar-refractivity contribution in [2.45, 2.75) is 0 Å². The second kappa shape index (κ2) is 2.92. The highest BCUT2D eigenvalue weighted by atomic mass is 16.5. The van der Waals surface area contributed by atoms with Gasteiger partial charge >= 0.3 is 0 Å². The van der Waals surface area contributed by atoms with Crippen molar-refractivity contribution in [3.8, 4) is 11.5 Å². The molecule has 3 N–H and O–H groups in total. The quantitative estimate of drug-likeness (QED) is 0.369. The number of hydrogen-bond donors (Lipinski definition) is 2. The van der Waals surface area contributed by atoms with E-state index in [1.807, 2.05) is 0 Å². The van der Waals surface area contributed by atoms with Crippen LogP contribution in [0.2, 0.25) is 0 Å². The van der Waals surface area contributed by atoms with E-state index < -0.39 is 0 Å². The van der Waals surface area contributed by atoms with E-state index in [0.29, 0.717) is 0 Å². The summed E-state index contributed by atoms with van der Waals surface area (Å²) < 4.78 is 4.45. The topological polar surface area (TPSA) is 72.6 Å². The maximum absolute atomic E-state index is 9.88. The van der Waals surface area contributed by atoms with E-state index in [2.05, 4.69) is 4.74 Å². The first-order valence-corrected chi connectivity index (χ1v) is 2.93. The number of ether oxygens (including phenoxy) is 1. The fraction of sp³-hybridized carbons (Fsp3) is 0. The molecule has 1 aromatic rings. The summed E-state index contributed by atoms with van der Waals surface area (Å²) in [5.41, 5.74) is 5.40. The van der Waals surface area contributed by atoms with Gasteiger partial charge in [-0.2, -0.15) is 0 Å². The summed E-state index contributed by atoms with van der Waals surface area (Å²) in [6.45, 7) is 0.255. The van der Waals surface area contributed by atoms with Gasteiger partial charge in [0.25, 0.3) is 6.47 Å². The normalized spacial score (nSPS) is 9.09. The summed E-state index contributed by atoms with van der Waals surface area (Å²) in [6, 6.07) is 4.43. The van der Waals surface area contributed by atoms with Crippen molar-refractivity contribution >= 4 is 12.2 Å². The van der Waals surface area contributed by atoms with E-state index in [1.54, 1.807) is 0 Å². The second-order valence-electron chi connectivity index (χ2n) is 1.90. The Balaban J connectivity index is 3.05. The van der Waals surface area contributed by atoms with Crippen LogP contribution in [0.25, 0.3) is 0 Å². The molecule has 0 spiro atoms. The molecule has 1 aromatic carbocycles. The molecule has 58 valence electrons. The summed E-state index contributed by atoms with van der Waals surface area (Å²) in [6.07, 6.45) is 0. The molecule has 0 fully saturated rings. The van der Waals surface area contributed by atoms with E-state index in [-0.39, 0.29) is 23.7 Å². The van der Waals surface area contributed by atoms with Crippen molar-refractivity contribution < 1.29 is 14.6 Å².